The second kappa shape index (κ2) is 13.2. The van der Waals surface area contributed by atoms with E-state index < -0.39 is 0 Å². The van der Waals surface area contributed by atoms with Gasteiger partial charge in [-0.15, -0.1) is 0 Å². The Morgan fingerprint density at radius 3 is 1.28 bits per heavy atom. The van der Waals surface area contributed by atoms with E-state index in [4.69, 9.17) is 0 Å². The fourth-order valence-electron chi connectivity index (χ4n) is 8.22. The van der Waals surface area contributed by atoms with Gasteiger partial charge in [0, 0.05) is 16.9 Å². The van der Waals surface area contributed by atoms with Gasteiger partial charge >= 0.3 is 0 Å². The predicted octanol–water partition coefficient (Wildman–Crippen LogP) is 15.0. The second-order valence-corrected chi connectivity index (χ2v) is 14.2. The Morgan fingerprint density at radius 1 is 0.315 bits per heavy atom. The summed E-state index contributed by atoms with van der Waals surface area (Å²) in [6.45, 7) is 2.14. The Bertz CT molecular complexity index is 2890. The standard InChI is InChI=1S/C53H37N/c1-36-17-26-44(27-18-36)54(51-34-25-43(37-11-5-2-6-12-37)35-50(51)39-15-9-4-10-16-39)45-28-19-40(20-29-45)47-31-22-42-23-32-48-46(38-13-7-3-8-14-38)30-21-41-24-33-49(47)53(42)52(41)48/h2-35H,1H3. The third-order valence-electron chi connectivity index (χ3n) is 10.9. The Hall–Kier alpha value is -6.96. The summed E-state index contributed by atoms with van der Waals surface area (Å²) in [6, 6.07) is 75.3. The van der Waals surface area contributed by atoms with Gasteiger partial charge in [0.05, 0.1) is 5.69 Å². The minimum atomic E-state index is 1.11. The van der Waals surface area contributed by atoms with Crippen molar-refractivity contribution in [1.82, 2.24) is 0 Å². The highest BCUT2D eigenvalue weighted by Crippen LogP contribution is 2.45. The minimum absolute atomic E-state index is 1.11. The van der Waals surface area contributed by atoms with Crippen LogP contribution in [0.25, 0.3) is 76.8 Å². The molecule has 0 saturated carbocycles. The van der Waals surface area contributed by atoms with Crippen LogP contribution in [0.2, 0.25) is 0 Å². The van der Waals surface area contributed by atoms with Crippen LogP contribution in [0.4, 0.5) is 17.1 Å². The number of aryl methyl sites for hydroxylation is 1. The smallest absolute Gasteiger partial charge is 0.0540 e. The van der Waals surface area contributed by atoms with Crippen LogP contribution in [-0.2, 0) is 0 Å². The number of nitrogens with zero attached hydrogens (tertiary/aromatic N) is 1. The summed E-state index contributed by atoms with van der Waals surface area (Å²) in [6.07, 6.45) is 0. The van der Waals surface area contributed by atoms with E-state index in [0.29, 0.717) is 0 Å². The molecule has 0 spiro atoms. The normalized spacial score (nSPS) is 11.4. The first-order valence-corrected chi connectivity index (χ1v) is 18.7. The van der Waals surface area contributed by atoms with E-state index in [0.717, 1.165) is 17.1 Å². The van der Waals surface area contributed by atoms with Crippen LogP contribution in [0, 0.1) is 6.92 Å². The first-order valence-electron chi connectivity index (χ1n) is 18.7. The molecule has 0 aliphatic rings. The van der Waals surface area contributed by atoms with E-state index in [1.54, 1.807) is 0 Å². The van der Waals surface area contributed by atoms with Crippen molar-refractivity contribution in [3.63, 3.8) is 0 Å². The number of hydrogen-bond donors (Lipinski definition) is 0. The topological polar surface area (TPSA) is 3.24 Å². The monoisotopic (exact) mass is 687 g/mol. The molecule has 0 atom stereocenters. The Morgan fingerprint density at radius 2 is 0.741 bits per heavy atom. The number of hydrogen-bond acceptors (Lipinski definition) is 1. The largest absolute Gasteiger partial charge is 0.310 e. The third kappa shape index (κ3) is 5.50. The quantitative estimate of drug-likeness (QED) is 0.151. The average molecular weight is 688 g/mol. The summed E-state index contributed by atoms with van der Waals surface area (Å²) < 4.78 is 0. The summed E-state index contributed by atoms with van der Waals surface area (Å²) in [5.74, 6) is 0. The maximum atomic E-state index is 2.40. The molecule has 0 aliphatic heterocycles. The summed E-state index contributed by atoms with van der Waals surface area (Å²) in [4.78, 5) is 2.40. The maximum absolute atomic E-state index is 2.40. The van der Waals surface area contributed by atoms with Crippen LogP contribution in [0.5, 0.6) is 0 Å². The molecule has 10 aromatic rings. The highest BCUT2D eigenvalue weighted by Gasteiger charge is 2.20. The molecule has 0 N–H and O–H groups in total. The maximum Gasteiger partial charge on any atom is 0.0540 e. The lowest BCUT2D eigenvalue weighted by Gasteiger charge is -2.29. The summed E-state index contributed by atoms with van der Waals surface area (Å²) in [7, 11) is 0. The molecule has 0 heterocycles. The lowest BCUT2D eigenvalue weighted by atomic mass is 9.87. The van der Waals surface area contributed by atoms with Gasteiger partial charge in [-0.3, -0.25) is 0 Å². The molecule has 1 heteroatoms. The van der Waals surface area contributed by atoms with E-state index in [1.165, 1.54) is 82.4 Å². The van der Waals surface area contributed by atoms with Gasteiger partial charge in [0.25, 0.3) is 0 Å². The molecule has 0 saturated heterocycles. The van der Waals surface area contributed by atoms with E-state index in [9.17, 15) is 0 Å². The average Bonchev–Trinajstić information content (AvgIpc) is 3.25. The highest BCUT2D eigenvalue weighted by molar-refractivity contribution is 6.27. The molecule has 254 valence electrons. The molecule has 0 aromatic heterocycles. The van der Waals surface area contributed by atoms with Crippen molar-refractivity contribution in [2.75, 3.05) is 4.90 Å². The highest BCUT2D eigenvalue weighted by atomic mass is 15.1. The van der Waals surface area contributed by atoms with Crippen LogP contribution >= 0.6 is 0 Å². The Kier molecular flexibility index (Phi) is 7.78. The summed E-state index contributed by atoms with van der Waals surface area (Å²) in [5, 5.41) is 7.79. The van der Waals surface area contributed by atoms with Crippen molar-refractivity contribution < 1.29 is 0 Å². The fourth-order valence-corrected chi connectivity index (χ4v) is 8.22. The lowest BCUT2D eigenvalue weighted by molar-refractivity contribution is 1.28. The van der Waals surface area contributed by atoms with Gasteiger partial charge < -0.3 is 4.90 Å². The SMILES string of the molecule is Cc1ccc(N(c2ccc(-c3ccc4ccc5c(-c6ccccc6)ccc6ccc3c4c65)cc2)c2ccc(-c3ccccc3)cc2-c2ccccc2)cc1. The third-order valence-corrected chi connectivity index (χ3v) is 10.9. The molecule has 0 radical (unpaired) electrons. The fraction of sp³-hybridized carbons (Fsp3) is 0.0189. The predicted molar refractivity (Wildman–Crippen MR) is 231 cm³/mol. The van der Waals surface area contributed by atoms with Crippen molar-refractivity contribution in [3.8, 4) is 44.5 Å². The van der Waals surface area contributed by atoms with Crippen LogP contribution in [-0.4, -0.2) is 0 Å². The first kappa shape index (κ1) is 31.7. The molecule has 0 unspecified atom stereocenters. The lowest BCUT2D eigenvalue weighted by Crippen LogP contribution is -2.11. The Balaban J connectivity index is 1.12. The zero-order valence-electron chi connectivity index (χ0n) is 30.1. The number of rotatable bonds is 7. The van der Waals surface area contributed by atoms with Crippen molar-refractivity contribution in [2.45, 2.75) is 6.92 Å². The molecule has 0 bridgehead atoms. The van der Waals surface area contributed by atoms with Crippen molar-refractivity contribution in [1.29, 1.82) is 0 Å². The second-order valence-electron chi connectivity index (χ2n) is 14.2. The molecule has 0 amide bonds. The zero-order chi connectivity index (χ0) is 36.0. The van der Waals surface area contributed by atoms with E-state index in [1.807, 2.05) is 0 Å². The first-order chi connectivity index (χ1) is 26.7. The molecular weight excluding hydrogens is 651 g/mol. The van der Waals surface area contributed by atoms with E-state index >= 15 is 0 Å². The molecular formula is C53H37N. The van der Waals surface area contributed by atoms with Gasteiger partial charge in [0.15, 0.2) is 0 Å². The van der Waals surface area contributed by atoms with Gasteiger partial charge in [0.2, 0.25) is 0 Å². The molecule has 0 fully saturated rings. The van der Waals surface area contributed by atoms with Crippen LogP contribution in [0.1, 0.15) is 5.56 Å². The van der Waals surface area contributed by atoms with Crippen LogP contribution in [0.15, 0.2) is 206 Å². The number of anilines is 3. The molecule has 10 rings (SSSR count). The van der Waals surface area contributed by atoms with Crippen LogP contribution < -0.4 is 4.90 Å². The van der Waals surface area contributed by atoms with Crippen molar-refractivity contribution in [3.05, 3.63) is 212 Å². The van der Waals surface area contributed by atoms with Gasteiger partial charge in [-0.1, -0.05) is 175 Å². The summed E-state index contributed by atoms with van der Waals surface area (Å²) in [5.41, 5.74) is 14.3. The van der Waals surface area contributed by atoms with Gasteiger partial charge in [-0.05, 0) is 115 Å². The van der Waals surface area contributed by atoms with Crippen molar-refractivity contribution >= 4 is 49.4 Å². The van der Waals surface area contributed by atoms with E-state index in [-0.39, 0.29) is 0 Å². The molecule has 54 heavy (non-hydrogen) atoms. The van der Waals surface area contributed by atoms with Gasteiger partial charge in [-0.25, -0.2) is 0 Å². The van der Waals surface area contributed by atoms with Crippen molar-refractivity contribution in [2.24, 2.45) is 0 Å². The molecule has 0 aliphatic carbocycles. The van der Waals surface area contributed by atoms with Gasteiger partial charge in [-0.2, -0.15) is 0 Å². The Labute approximate surface area is 316 Å². The minimum Gasteiger partial charge on any atom is -0.310 e. The summed E-state index contributed by atoms with van der Waals surface area (Å²) >= 11 is 0. The van der Waals surface area contributed by atoms with Gasteiger partial charge in [0.1, 0.15) is 0 Å². The van der Waals surface area contributed by atoms with E-state index in [2.05, 4.69) is 218 Å². The molecule has 1 nitrogen and oxygen atoms in total. The number of benzene rings is 10. The van der Waals surface area contributed by atoms with Crippen LogP contribution in [0.3, 0.4) is 0 Å². The molecule has 10 aromatic carbocycles. The zero-order valence-corrected chi connectivity index (χ0v) is 30.1.